The van der Waals surface area contributed by atoms with E-state index in [1.165, 1.54) is 6.92 Å². The number of hydrogen-bond donors (Lipinski definition) is 0. The topological polar surface area (TPSA) is 83.9 Å². The van der Waals surface area contributed by atoms with E-state index >= 15 is 0 Å². The van der Waals surface area contributed by atoms with Crippen LogP contribution in [0.25, 0.3) is 0 Å². The summed E-state index contributed by atoms with van der Waals surface area (Å²) in [5.74, 6) is -1.57. The van der Waals surface area contributed by atoms with Gasteiger partial charge in [-0.3, -0.25) is 0 Å². The lowest BCUT2D eigenvalue weighted by molar-refractivity contribution is -0.0521. The van der Waals surface area contributed by atoms with Crippen molar-refractivity contribution in [2.24, 2.45) is 4.99 Å². The molecule has 1 aliphatic heterocycles. The van der Waals surface area contributed by atoms with Gasteiger partial charge in [0.15, 0.2) is 5.82 Å². The minimum atomic E-state index is -6.92. The van der Waals surface area contributed by atoms with Crippen molar-refractivity contribution in [1.82, 2.24) is 3.71 Å². The van der Waals surface area contributed by atoms with Crippen molar-refractivity contribution in [3.63, 3.8) is 0 Å². The largest absolute Gasteiger partial charge is 0.517 e. The van der Waals surface area contributed by atoms with Gasteiger partial charge >= 0.3 is 31.1 Å². The van der Waals surface area contributed by atoms with E-state index in [0.717, 1.165) is 0 Å². The Bertz CT molecular complexity index is 706. The molecule has 0 saturated heterocycles. The second-order valence-corrected chi connectivity index (χ2v) is 9.05. The van der Waals surface area contributed by atoms with Gasteiger partial charge in [0.25, 0.3) is 0 Å². The molecule has 0 bridgehead atoms. The van der Waals surface area contributed by atoms with Crippen LogP contribution in [-0.2, 0) is 20.0 Å². The van der Waals surface area contributed by atoms with Crippen LogP contribution in [0.5, 0.6) is 0 Å². The van der Waals surface area contributed by atoms with E-state index in [1.807, 2.05) is 0 Å². The summed E-state index contributed by atoms with van der Waals surface area (Å²) in [5, 5.41) is 0. The molecule has 1 unspecified atom stereocenters. The standard InChI is InChI=1S/C8H7ClF6N2O4S2/c1-6(9)3-2-5(16-4-6)17(22(18,19)7(10,11)12)23(20,21)8(13,14)15/h2,4H,3H2,1H3. The van der Waals surface area contributed by atoms with Crippen LogP contribution in [0.2, 0.25) is 0 Å². The first-order valence-corrected chi connectivity index (χ1v) is 8.57. The molecule has 0 saturated carbocycles. The zero-order valence-electron chi connectivity index (χ0n) is 10.9. The quantitative estimate of drug-likeness (QED) is 0.530. The molecule has 0 aromatic rings. The van der Waals surface area contributed by atoms with E-state index in [9.17, 15) is 43.2 Å². The Labute approximate surface area is 131 Å². The van der Waals surface area contributed by atoms with Crippen molar-refractivity contribution in [2.45, 2.75) is 29.2 Å². The van der Waals surface area contributed by atoms with E-state index in [1.54, 1.807) is 0 Å². The van der Waals surface area contributed by atoms with Crippen LogP contribution >= 0.6 is 11.6 Å². The summed E-state index contributed by atoms with van der Waals surface area (Å²) in [5.41, 5.74) is -12.6. The number of aliphatic imine (C=N–C) groups is 1. The minimum absolute atomic E-state index is 0.444. The molecule has 0 aromatic carbocycles. The summed E-state index contributed by atoms with van der Waals surface area (Å²) < 4.78 is 119. The lowest BCUT2D eigenvalue weighted by Crippen LogP contribution is -2.48. The summed E-state index contributed by atoms with van der Waals surface area (Å²) in [4.78, 5) is 1.69. The Hall–Kier alpha value is -1.02. The minimum Gasteiger partial charge on any atom is -0.240 e. The zero-order valence-corrected chi connectivity index (χ0v) is 13.2. The first-order valence-electron chi connectivity index (χ1n) is 5.31. The fourth-order valence-electron chi connectivity index (χ4n) is 1.28. The van der Waals surface area contributed by atoms with Crippen LogP contribution in [0.4, 0.5) is 26.3 Å². The van der Waals surface area contributed by atoms with Gasteiger partial charge in [-0.25, -0.2) is 4.99 Å². The third kappa shape index (κ3) is 3.74. The van der Waals surface area contributed by atoms with Gasteiger partial charge < -0.3 is 0 Å². The Morgan fingerprint density at radius 3 is 1.74 bits per heavy atom. The molecule has 134 valence electrons. The van der Waals surface area contributed by atoms with Crippen LogP contribution in [0.1, 0.15) is 13.3 Å². The molecule has 1 atom stereocenters. The van der Waals surface area contributed by atoms with Crippen LogP contribution in [0.3, 0.4) is 0 Å². The number of alkyl halides is 7. The van der Waals surface area contributed by atoms with Gasteiger partial charge in [0.1, 0.15) is 0 Å². The second kappa shape index (κ2) is 5.51. The van der Waals surface area contributed by atoms with Crippen molar-refractivity contribution >= 4 is 37.9 Å². The lowest BCUT2D eigenvalue weighted by atomic mass is 10.1. The molecular weight excluding hydrogens is 402 g/mol. The van der Waals surface area contributed by atoms with E-state index in [-0.39, 0.29) is 0 Å². The molecule has 0 aliphatic carbocycles. The number of rotatable bonds is 3. The normalized spacial score (nSPS) is 23.6. The average Bonchev–Trinajstić information content (AvgIpc) is 2.28. The average molecular weight is 409 g/mol. The molecular formula is C8H7ClF6N2O4S2. The first kappa shape index (κ1) is 20.0. The molecule has 0 radical (unpaired) electrons. The predicted molar refractivity (Wildman–Crippen MR) is 67.2 cm³/mol. The summed E-state index contributed by atoms with van der Waals surface area (Å²) in [6, 6.07) is 0. The number of allylic oxidation sites excluding steroid dienone is 1. The Morgan fingerprint density at radius 2 is 1.48 bits per heavy atom. The maximum absolute atomic E-state index is 12.5. The molecule has 0 N–H and O–H groups in total. The highest BCUT2D eigenvalue weighted by atomic mass is 35.5. The first-order chi connectivity index (χ1) is 9.93. The van der Waals surface area contributed by atoms with E-state index in [0.29, 0.717) is 12.3 Å². The monoisotopic (exact) mass is 408 g/mol. The van der Waals surface area contributed by atoms with Crippen molar-refractivity contribution in [3.8, 4) is 0 Å². The van der Waals surface area contributed by atoms with E-state index < -0.39 is 51.9 Å². The smallest absolute Gasteiger partial charge is 0.240 e. The molecule has 1 heterocycles. The number of nitrogens with zero attached hydrogens (tertiary/aromatic N) is 2. The van der Waals surface area contributed by atoms with Crippen LogP contribution in [0, 0.1) is 0 Å². The highest BCUT2D eigenvalue weighted by Crippen LogP contribution is 2.39. The lowest BCUT2D eigenvalue weighted by Gasteiger charge is -2.28. The van der Waals surface area contributed by atoms with Crippen molar-refractivity contribution in [1.29, 1.82) is 0 Å². The van der Waals surface area contributed by atoms with Gasteiger partial charge in [-0.2, -0.15) is 43.2 Å². The molecule has 1 rings (SSSR count). The molecule has 0 spiro atoms. The van der Waals surface area contributed by atoms with Crippen molar-refractivity contribution in [3.05, 3.63) is 11.9 Å². The van der Waals surface area contributed by atoms with Crippen LogP contribution in [-0.4, -0.2) is 42.7 Å². The maximum Gasteiger partial charge on any atom is 0.517 e. The molecule has 23 heavy (non-hydrogen) atoms. The Morgan fingerprint density at radius 1 is 1.09 bits per heavy atom. The fraction of sp³-hybridized carbons (Fsp3) is 0.625. The molecule has 15 heteroatoms. The van der Waals surface area contributed by atoms with Gasteiger partial charge in [-0.05, 0) is 19.4 Å². The highest BCUT2D eigenvalue weighted by Gasteiger charge is 2.62. The number of hydrogen-bond acceptors (Lipinski definition) is 5. The second-order valence-electron chi connectivity index (χ2n) is 4.40. The summed E-state index contributed by atoms with van der Waals surface area (Å²) in [6.07, 6.45) is 0.624. The molecule has 0 amide bonds. The molecule has 6 nitrogen and oxygen atoms in total. The number of halogens is 7. The van der Waals surface area contributed by atoms with Gasteiger partial charge in [0.05, 0.1) is 4.87 Å². The summed E-state index contributed by atoms with van der Waals surface area (Å²) in [6.45, 7) is 1.27. The van der Waals surface area contributed by atoms with Gasteiger partial charge in [-0.1, -0.05) is 0 Å². The highest BCUT2D eigenvalue weighted by molar-refractivity contribution is 8.05. The van der Waals surface area contributed by atoms with Crippen LogP contribution < -0.4 is 0 Å². The van der Waals surface area contributed by atoms with Crippen molar-refractivity contribution < 1.29 is 43.2 Å². The number of sulfonamides is 2. The molecule has 0 aromatic heterocycles. The SMILES string of the molecule is CC1(Cl)C=NC(N(S(=O)(=O)C(F)(F)F)S(=O)(=O)C(F)(F)F)=CC1. The molecule has 0 fully saturated rings. The fourth-order valence-corrected chi connectivity index (χ4v) is 4.06. The Balaban J connectivity index is 3.62. The van der Waals surface area contributed by atoms with Gasteiger partial charge in [-0.15, -0.1) is 15.3 Å². The predicted octanol–water partition coefficient (Wildman–Crippen LogP) is 2.30. The summed E-state index contributed by atoms with van der Waals surface area (Å²) >= 11 is 5.69. The molecule has 1 aliphatic rings. The van der Waals surface area contributed by atoms with Crippen LogP contribution in [0.15, 0.2) is 16.9 Å². The van der Waals surface area contributed by atoms with Crippen molar-refractivity contribution in [2.75, 3.05) is 0 Å². The zero-order chi connectivity index (χ0) is 18.5. The Kier molecular flexibility index (Phi) is 4.80. The van der Waals surface area contributed by atoms with E-state index in [4.69, 9.17) is 11.6 Å². The van der Waals surface area contributed by atoms with E-state index in [2.05, 4.69) is 4.99 Å². The maximum atomic E-state index is 12.5. The van der Waals surface area contributed by atoms with Gasteiger partial charge in [0, 0.05) is 6.21 Å². The third-order valence-electron chi connectivity index (χ3n) is 2.36. The third-order valence-corrected chi connectivity index (χ3v) is 6.21. The summed E-state index contributed by atoms with van der Waals surface area (Å²) in [7, 11) is -13.8. The van der Waals surface area contributed by atoms with Gasteiger partial charge in [0.2, 0.25) is 0 Å².